The first-order valence-corrected chi connectivity index (χ1v) is 6.89. The Hall–Kier alpha value is -0.930. The smallest absolute Gasteiger partial charge is 0.127 e. The number of benzene rings is 1. The lowest BCUT2D eigenvalue weighted by atomic mass is 9.84. The Bertz CT molecular complexity index is 381. The molecule has 0 bridgehead atoms. The highest BCUT2D eigenvalue weighted by molar-refractivity contribution is 5.22. The lowest BCUT2D eigenvalue weighted by Crippen LogP contribution is -2.40. The topological polar surface area (TPSA) is 15.3 Å². The van der Waals surface area contributed by atoms with Crippen molar-refractivity contribution in [3.63, 3.8) is 0 Å². The molecule has 0 spiro atoms. The molecule has 1 aliphatic rings. The highest BCUT2D eigenvalue weighted by Gasteiger charge is 2.31. The first-order chi connectivity index (χ1) is 8.74. The fourth-order valence-electron chi connectivity index (χ4n) is 3.01. The van der Waals surface area contributed by atoms with E-state index in [-0.39, 0.29) is 11.9 Å². The quantitative estimate of drug-likeness (QED) is 0.884. The minimum Gasteiger partial charge on any atom is -0.317 e. The molecule has 3 heteroatoms. The number of likely N-dealkylation sites (tertiary alicyclic amines) is 1. The van der Waals surface area contributed by atoms with Gasteiger partial charge in [-0.2, -0.15) is 0 Å². The normalized spacial score (nSPS) is 25.3. The molecular weight excluding hydrogens is 227 g/mol. The van der Waals surface area contributed by atoms with Crippen LogP contribution < -0.4 is 5.32 Å². The molecular formula is C15H23FN2. The Balaban J connectivity index is 2.21. The number of nitrogens with zero attached hydrogens (tertiary/aromatic N) is 1. The van der Waals surface area contributed by atoms with E-state index in [1.165, 1.54) is 12.8 Å². The van der Waals surface area contributed by atoms with Gasteiger partial charge in [-0.05, 0) is 51.5 Å². The van der Waals surface area contributed by atoms with Gasteiger partial charge in [-0.3, -0.25) is 4.90 Å². The molecule has 1 N–H and O–H groups in total. The molecule has 1 aromatic rings. The molecule has 1 aromatic carbocycles. The summed E-state index contributed by atoms with van der Waals surface area (Å²) in [6, 6.07) is 7.41. The Morgan fingerprint density at radius 1 is 1.39 bits per heavy atom. The van der Waals surface area contributed by atoms with Crippen molar-refractivity contribution in [1.82, 2.24) is 10.2 Å². The number of rotatable bonds is 4. The van der Waals surface area contributed by atoms with Gasteiger partial charge in [-0.25, -0.2) is 4.39 Å². The lowest BCUT2D eigenvalue weighted by molar-refractivity contribution is 0.117. The maximum atomic E-state index is 14.0. The highest BCUT2D eigenvalue weighted by atomic mass is 19.1. The Labute approximate surface area is 109 Å². The minimum atomic E-state index is -0.0715. The van der Waals surface area contributed by atoms with Crippen LogP contribution in [0.2, 0.25) is 0 Å². The molecule has 1 fully saturated rings. The van der Waals surface area contributed by atoms with Crippen molar-refractivity contribution in [1.29, 1.82) is 0 Å². The van der Waals surface area contributed by atoms with Gasteiger partial charge in [-0.1, -0.05) is 25.1 Å². The van der Waals surface area contributed by atoms with Crippen molar-refractivity contribution < 1.29 is 4.39 Å². The van der Waals surface area contributed by atoms with Crippen molar-refractivity contribution in [2.75, 3.05) is 26.7 Å². The molecule has 2 rings (SSSR count). The van der Waals surface area contributed by atoms with Crippen LogP contribution in [0.15, 0.2) is 24.3 Å². The number of piperidine rings is 1. The van der Waals surface area contributed by atoms with E-state index < -0.39 is 0 Å². The average molecular weight is 250 g/mol. The summed E-state index contributed by atoms with van der Waals surface area (Å²) >= 11 is 0. The zero-order valence-electron chi connectivity index (χ0n) is 11.3. The van der Waals surface area contributed by atoms with Crippen LogP contribution >= 0.6 is 0 Å². The van der Waals surface area contributed by atoms with Gasteiger partial charge in [-0.15, -0.1) is 0 Å². The summed E-state index contributed by atoms with van der Waals surface area (Å²) in [7, 11) is 2.11. The standard InChI is InChI=1S/C15H23FN2/c1-3-17-11-12-7-6-10-18(2)15(12)13-8-4-5-9-14(13)16/h4-5,8-9,12,15,17H,3,6-7,10-11H2,1-2H3. The summed E-state index contributed by atoms with van der Waals surface area (Å²) in [6.07, 6.45) is 2.38. The van der Waals surface area contributed by atoms with Crippen molar-refractivity contribution in [3.05, 3.63) is 35.6 Å². The largest absolute Gasteiger partial charge is 0.317 e. The highest BCUT2D eigenvalue weighted by Crippen LogP contribution is 2.35. The molecule has 2 unspecified atom stereocenters. The van der Waals surface area contributed by atoms with Crippen molar-refractivity contribution in [2.45, 2.75) is 25.8 Å². The molecule has 1 aliphatic heterocycles. The van der Waals surface area contributed by atoms with Crippen LogP contribution in [-0.2, 0) is 0 Å². The molecule has 0 amide bonds. The molecule has 18 heavy (non-hydrogen) atoms. The van der Waals surface area contributed by atoms with Crippen LogP contribution in [0, 0.1) is 11.7 Å². The summed E-state index contributed by atoms with van der Waals surface area (Å²) in [4.78, 5) is 2.30. The zero-order chi connectivity index (χ0) is 13.0. The van der Waals surface area contributed by atoms with Crippen molar-refractivity contribution in [2.24, 2.45) is 5.92 Å². The van der Waals surface area contributed by atoms with Crippen LogP contribution in [0.3, 0.4) is 0 Å². The van der Waals surface area contributed by atoms with Gasteiger partial charge in [0.15, 0.2) is 0 Å². The summed E-state index contributed by atoms with van der Waals surface area (Å²) in [5, 5.41) is 3.41. The second-order valence-electron chi connectivity index (χ2n) is 5.16. The third-order valence-electron chi connectivity index (χ3n) is 3.89. The van der Waals surface area contributed by atoms with Gasteiger partial charge in [0.2, 0.25) is 0 Å². The van der Waals surface area contributed by atoms with E-state index in [1.54, 1.807) is 12.1 Å². The van der Waals surface area contributed by atoms with E-state index in [0.29, 0.717) is 5.92 Å². The third kappa shape index (κ3) is 2.90. The Morgan fingerprint density at radius 3 is 2.89 bits per heavy atom. The first kappa shape index (κ1) is 13.5. The van der Waals surface area contributed by atoms with E-state index in [4.69, 9.17) is 0 Å². The SMILES string of the molecule is CCNCC1CCCN(C)C1c1ccccc1F. The van der Waals surface area contributed by atoms with Gasteiger partial charge in [0.1, 0.15) is 5.82 Å². The molecule has 1 heterocycles. The predicted octanol–water partition coefficient (Wildman–Crippen LogP) is 2.82. The van der Waals surface area contributed by atoms with Crippen LogP contribution in [-0.4, -0.2) is 31.6 Å². The lowest BCUT2D eigenvalue weighted by Gasteiger charge is -2.39. The number of hydrogen-bond acceptors (Lipinski definition) is 2. The van der Waals surface area contributed by atoms with Gasteiger partial charge >= 0.3 is 0 Å². The molecule has 100 valence electrons. The van der Waals surface area contributed by atoms with E-state index >= 15 is 0 Å². The van der Waals surface area contributed by atoms with Gasteiger partial charge in [0.05, 0.1) is 0 Å². The van der Waals surface area contributed by atoms with Crippen molar-refractivity contribution in [3.8, 4) is 0 Å². The fraction of sp³-hybridized carbons (Fsp3) is 0.600. The second kappa shape index (κ2) is 6.30. The average Bonchev–Trinajstić information content (AvgIpc) is 2.38. The van der Waals surface area contributed by atoms with E-state index in [9.17, 15) is 4.39 Å². The number of halogens is 1. The summed E-state index contributed by atoms with van der Waals surface area (Å²) in [5.74, 6) is 0.429. The van der Waals surface area contributed by atoms with Crippen LogP contribution in [0.4, 0.5) is 4.39 Å². The molecule has 2 nitrogen and oxygen atoms in total. The maximum absolute atomic E-state index is 14.0. The monoisotopic (exact) mass is 250 g/mol. The molecule has 1 saturated heterocycles. The third-order valence-corrected chi connectivity index (χ3v) is 3.89. The maximum Gasteiger partial charge on any atom is 0.127 e. The van der Waals surface area contributed by atoms with Crippen LogP contribution in [0.1, 0.15) is 31.4 Å². The summed E-state index contributed by atoms with van der Waals surface area (Å²) in [6.45, 7) is 5.12. The Kier molecular flexibility index (Phi) is 4.72. The number of nitrogens with one attached hydrogen (secondary N) is 1. The van der Waals surface area contributed by atoms with E-state index in [1.807, 2.05) is 12.1 Å². The van der Waals surface area contributed by atoms with Gasteiger partial charge in [0.25, 0.3) is 0 Å². The Morgan fingerprint density at radius 2 is 2.17 bits per heavy atom. The summed E-state index contributed by atoms with van der Waals surface area (Å²) in [5.41, 5.74) is 0.850. The molecule has 0 radical (unpaired) electrons. The molecule has 0 saturated carbocycles. The van der Waals surface area contributed by atoms with Gasteiger partial charge < -0.3 is 5.32 Å². The van der Waals surface area contributed by atoms with E-state index in [0.717, 1.165) is 25.2 Å². The zero-order valence-corrected chi connectivity index (χ0v) is 11.3. The second-order valence-corrected chi connectivity index (χ2v) is 5.16. The van der Waals surface area contributed by atoms with E-state index in [2.05, 4.69) is 24.2 Å². The molecule has 0 aromatic heterocycles. The molecule has 2 atom stereocenters. The van der Waals surface area contributed by atoms with Gasteiger partial charge in [0, 0.05) is 11.6 Å². The van der Waals surface area contributed by atoms with Crippen LogP contribution in [0.25, 0.3) is 0 Å². The van der Waals surface area contributed by atoms with Crippen LogP contribution in [0.5, 0.6) is 0 Å². The first-order valence-electron chi connectivity index (χ1n) is 6.89. The minimum absolute atomic E-state index is 0.0715. The van der Waals surface area contributed by atoms with Crippen molar-refractivity contribution >= 4 is 0 Å². The summed E-state index contributed by atoms with van der Waals surface area (Å²) < 4.78 is 14.0. The predicted molar refractivity (Wildman–Crippen MR) is 73.0 cm³/mol. The molecule has 0 aliphatic carbocycles. The number of hydrogen-bond donors (Lipinski definition) is 1. The fourth-order valence-corrected chi connectivity index (χ4v) is 3.01.